The van der Waals surface area contributed by atoms with Gasteiger partial charge in [0.15, 0.2) is 0 Å². The lowest BCUT2D eigenvalue weighted by molar-refractivity contribution is -0.116. The van der Waals surface area contributed by atoms with Crippen molar-refractivity contribution < 1.29 is 17.6 Å². The molecule has 1 aromatic heterocycles. The molecule has 4 aromatic rings. The van der Waals surface area contributed by atoms with Crippen LogP contribution >= 0.6 is 11.6 Å². The van der Waals surface area contributed by atoms with Gasteiger partial charge in [-0.05, 0) is 67.9 Å². The summed E-state index contributed by atoms with van der Waals surface area (Å²) < 4.78 is 41.2. The number of sulfone groups is 1. The lowest BCUT2D eigenvalue weighted by atomic mass is 10.1. The highest BCUT2D eigenvalue weighted by molar-refractivity contribution is 7.91. The molecular formula is C25H20ClFN2O4S. The summed E-state index contributed by atoms with van der Waals surface area (Å²) in [4.78, 5) is 25.2. The van der Waals surface area contributed by atoms with Crippen molar-refractivity contribution in [2.45, 2.75) is 30.2 Å². The van der Waals surface area contributed by atoms with Crippen molar-refractivity contribution in [2.75, 3.05) is 5.32 Å². The van der Waals surface area contributed by atoms with Gasteiger partial charge in [-0.2, -0.15) is 0 Å². The van der Waals surface area contributed by atoms with Gasteiger partial charge in [0.25, 0.3) is 0 Å². The van der Waals surface area contributed by atoms with Crippen LogP contribution in [-0.4, -0.2) is 18.9 Å². The number of amides is 1. The summed E-state index contributed by atoms with van der Waals surface area (Å²) in [5.41, 5.74) is 2.15. The number of benzene rings is 3. The highest BCUT2D eigenvalue weighted by atomic mass is 35.5. The minimum atomic E-state index is -4.29. The van der Waals surface area contributed by atoms with Crippen molar-refractivity contribution in [1.82, 2.24) is 4.57 Å². The Balaban J connectivity index is 1.82. The molecule has 0 aliphatic rings. The number of nitrogens with one attached hydrogen (secondary N) is 1. The fourth-order valence-electron chi connectivity index (χ4n) is 3.70. The van der Waals surface area contributed by atoms with Crippen molar-refractivity contribution in [2.24, 2.45) is 0 Å². The van der Waals surface area contributed by atoms with Crippen LogP contribution in [0, 0.1) is 19.7 Å². The molecule has 0 unspecified atom stereocenters. The Morgan fingerprint density at radius 3 is 2.41 bits per heavy atom. The van der Waals surface area contributed by atoms with E-state index in [4.69, 9.17) is 11.6 Å². The maximum absolute atomic E-state index is 13.3. The summed E-state index contributed by atoms with van der Waals surface area (Å²) in [5, 5.41) is 3.11. The quantitative estimate of drug-likeness (QED) is 0.397. The first-order valence-corrected chi connectivity index (χ1v) is 12.1. The Morgan fingerprint density at radius 1 is 1.03 bits per heavy atom. The van der Waals surface area contributed by atoms with Crippen molar-refractivity contribution >= 4 is 43.9 Å². The summed E-state index contributed by atoms with van der Waals surface area (Å²) in [7, 11) is -4.29. The molecule has 0 radical (unpaired) electrons. The summed E-state index contributed by atoms with van der Waals surface area (Å²) >= 11 is 6.07. The van der Waals surface area contributed by atoms with E-state index in [1.54, 1.807) is 18.2 Å². The molecule has 1 N–H and O–H groups in total. The molecule has 0 atom stereocenters. The van der Waals surface area contributed by atoms with Crippen LogP contribution in [0.3, 0.4) is 0 Å². The van der Waals surface area contributed by atoms with Crippen LogP contribution in [0.25, 0.3) is 10.9 Å². The number of carbonyl (C=O) groups excluding carboxylic acids is 1. The van der Waals surface area contributed by atoms with Gasteiger partial charge in [-0.3, -0.25) is 9.59 Å². The average Bonchev–Trinajstić information content (AvgIpc) is 2.78. The van der Waals surface area contributed by atoms with E-state index in [1.165, 1.54) is 10.6 Å². The highest BCUT2D eigenvalue weighted by Crippen LogP contribution is 2.24. The second kappa shape index (κ2) is 9.04. The molecule has 0 spiro atoms. The maximum Gasteiger partial charge on any atom is 0.244 e. The first kappa shape index (κ1) is 23.7. The molecule has 0 bridgehead atoms. The Hall–Kier alpha value is -3.49. The van der Waals surface area contributed by atoms with Crippen molar-refractivity contribution in [3.05, 3.63) is 99.1 Å². The van der Waals surface area contributed by atoms with Gasteiger partial charge in [-0.15, -0.1) is 0 Å². The van der Waals surface area contributed by atoms with Crippen LogP contribution in [0.15, 0.2) is 81.4 Å². The molecule has 9 heteroatoms. The SMILES string of the molecule is Cc1ccc(NC(=O)Cn2cc(S(=O)(=O)c3ccc(F)cc3)c(=O)c3cc(Cl)ccc32)c(C)c1. The third-order valence-corrected chi connectivity index (χ3v) is 7.39. The number of hydrogen-bond acceptors (Lipinski definition) is 4. The normalized spacial score (nSPS) is 11.5. The molecule has 0 aliphatic carbocycles. The molecule has 0 aliphatic heterocycles. The first-order valence-electron chi connectivity index (χ1n) is 10.3. The lowest BCUT2D eigenvalue weighted by Crippen LogP contribution is -2.24. The first-order chi connectivity index (χ1) is 16.1. The van der Waals surface area contributed by atoms with E-state index in [1.807, 2.05) is 26.0 Å². The monoisotopic (exact) mass is 498 g/mol. The molecule has 174 valence electrons. The minimum absolute atomic E-state index is 0.0509. The summed E-state index contributed by atoms with van der Waals surface area (Å²) in [6.45, 7) is 3.56. The summed E-state index contributed by atoms with van der Waals surface area (Å²) in [6, 6.07) is 14.2. The Bertz CT molecular complexity index is 1600. The van der Waals surface area contributed by atoms with Crippen molar-refractivity contribution in [1.29, 1.82) is 0 Å². The zero-order valence-corrected chi connectivity index (χ0v) is 19.9. The van der Waals surface area contributed by atoms with E-state index in [0.29, 0.717) is 11.2 Å². The lowest BCUT2D eigenvalue weighted by Gasteiger charge is -2.15. The van der Waals surface area contributed by atoms with Crippen molar-refractivity contribution in [3.8, 4) is 0 Å². The predicted octanol–water partition coefficient (Wildman–Crippen LogP) is 4.88. The molecule has 6 nitrogen and oxygen atoms in total. The van der Waals surface area contributed by atoms with Crippen LogP contribution in [0.1, 0.15) is 11.1 Å². The summed E-state index contributed by atoms with van der Waals surface area (Å²) in [6.07, 6.45) is 1.14. The minimum Gasteiger partial charge on any atom is -0.336 e. The van der Waals surface area contributed by atoms with Crippen LogP contribution in [-0.2, 0) is 21.2 Å². The largest absolute Gasteiger partial charge is 0.336 e. The topological polar surface area (TPSA) is 85.2 Å². The fourth-order valence-corrected chi connectivity index (χ4v) is 5.24. The zero-order valence-electron chi connectivity index (χ0n) is 18.3. The van der Waals surface area contributed by atoms with E-state index in [9.17, 15) is 22.4 Å². The number of hydrogen-bond donors (Lipinski definition) is 1. The number of halogens is 2. The summed E-state index contributed by atoms with van der Waals surface area (Å²) in [5.74, 6) is -1.01. The molecule has 0 saturated heterocycles. The molecule has 4 rings (SSSR count). The molecular weight excluding hydrogens is 479 g/mol. The number of aromatic nitrogens is 1. The molecule has 1 heterocycles. The van der Waals surface area contributed by atoms with Gasteiger partial charge in [0.2, 0.25) is 21.2 Å². The van der Waals surface area contributed by atoms with Crippen LogP contribution in [0.2, 0.25) is 5.02 Å². The molecule has 34 heavy (non-hydrogen) atoms. The van der Waals surface area contributed by atoms with E-state index in [0.717, 1.165) is 41.6 Å². The van der Waals surface area contributed by atoms with Gasteiger partial charge < -0.3 is 9.88 Å². The number of rotatable bonds is 5. The number of pyridine rings is 1. The second-order valence-corrected chi connectivity index (χ2v) is 10.3. The van der Waals surface area contributed by atoms with Gasteiger partial charge in [0.05, 0.1) is 10.4 Å². The van der Waals surface area contributed by atoms with Gasteiger partial charge in [0, 0.05) is 22.3 Å². The van der Waals surface area contributed by atoms with E-state index in [-0.39, 0.29) is 21.8 Å². The second-order valence-electron chi connectivity index (χ2n) is 7.94. The van der Waals surface area contributed by atoms with E-state index >= 15 is 0 Å². The van der Waals surface area contributed by atoms with E-state index < -0.39 is 31.9 Å². The van der Waals surface area contributed by atoms with Crippen LogP contribution in [0.4, 0.5) is 10.1 Å². The smallest absolute Gasteiger partial charge is 0.244 e. The van der Waals surface area contributed by atoms with Crippen molar-refractivity contribution in [3.63, 3.8) is 0 Å². The Labute approximate surface area is 200 Å². The maximum atomic E-state index is 13.3. The molecule has 0 fully saturated rings. The van der Waals surface area contributed by atoms with E-state index in [2.05, 4.69) is 5.32 Å². The predicted molar refractivity (Wildman–Crippen MR) is 130 cm³/mol. The standard InChI is InChI=1S/C25H20ClFN2O4S/c1-15-3-9-21(16(2)11-15)28-24(30)14-29-13-23(25(31)20-12-17(26)4-10-22(20)29)34(32,33)19-7-5-18(27)6-8-19/h3-13H,14H2,1-2H3,(H,28,30). The van der Waals surface area contributed by atoms with Gasteiger partial charge in [-0.1, -0.05) is 29.3 Å². The zero-order chi connectivity index (χ0) is 24.6. The molecule has 0 saturated carbocycles. The number of aryl methyl sites for hydroxylation is 2. The van der Waals surface area contributed by atoms with Crippen LogP contribution < -0.4 is 10.7 Å². The number of anilines is 1. The molecule has 3 aromatic carbocycles. The average molecular weight is 499 g/mol. The number of fused-ring (bicyclic) bond motifs is 1. The molecule has 1 amide bonds. The fraction of sp³-hybridized carbons (Fsp3) is 0.120. The van der Waals surface area contributed by atoms with Gasteiger partial charge in [-0.25, -0.2) is 12.8 Å². The third kappa shape index (κ3) is 4.60. The highest BCUT2D eigenvalue weighted by Gasteiger charge is 2.24. The van der Waals surface area contributed by atoms with Crippen LogP contribution in [0.5, 0.6) is 0 Å². The third-order valence-electron chi connectivity index (χ3n) is 5.39. The number of carbonyl (C=O) groups is 1. The number of nitrogens with zero attached hydrogens (tertiary/aromatic N) is 1. The Kier molecular flexibility index (Phi) is 6.29. The van der Waals surface area contributed by atoms with Gasteiger partial charge in [0.1, 0.15) is 17.3 Å². The Morgan fingerprint density at radius 2 is 1.74 bits per heavy atom. The van der Waals surface area contributed by atoms with Gasteiger partial charge >= 0.3 is 0 Å².